The van der Waals surface area contributed by atoms with Crippen LogP contribution in [0, 0.1) is 0 Å². The first-order valence-corrected chi connectivity index (χ1v) is 22.5. The van der Waals surface area contributed by atoms with Gasteiger partial charge in [0.25, 0.3) is 0 Å². The lowest BCUT2D eigenvalue weighted by Crippen LogP contribution is -2.16. The third kappa shape index (κ3) is 6.65. The molecule has 10 aromatic carbocycles. The minimum Gasteiger partial charge on any atom is -0.456 e. The zero-order valence-corrected chi connectivity index (χ0v) is 36.4. The zero-order chi connectivity index (χ0) is 43.5. The lowest BCUT2D eigenvalue weighted by molar-refractivity contribution is 0.488. The van der Waals surface area contributed by atoms with Crippen molar-refractivity contribution in [3.05, 3.63) is 248 Å². The van der Waals surface area contributed by atoms with Gasteiger partial charge in [0.15, 0.2) is 0 Å². The van der Waals surface area contributed by atoms with Gasteiger partial charge in [0.05, 0.1) is 0 Å². The predicted molar refractivity (Wildman–Crippen MR) is 271 cm³/mol. The largest absolute Gasteiger partial charge is 0.456 e. The average molecular weight is 832 g/mol. The van der Waals surface area contributed by atoms with E-state index in [2.05, 4.69) is 255 Å². The van der Waals surface area contributed by atoms with E-state index >= 15 is 0 Å². The van der Waals surface area contributed by atoms with Crippen molar-refractivity contribution in [2.75, 3.05) is 4.90 Å². The number of anilines is 3. The van der Waals surface area contributed by atoms with Crippen LogP contribution in [0.3, 0.4) is 0 Å². The normalized spacial score (nSPS) is 12.7. The molecule has 2 heteroatoms. The van der Waals surface area contributed by atoms with E-state index < -0.39 is 0 Å². The summed E-state index contributed by atoms with van der Waals surface area (Å²) in [4.78, 5) is 2.39. The summed E-state index contributed by atoms with van der Waals surface area (Å²) >= 11 is 0. The van der Waals surface area contributed by atoms with E-state index in [1.807, 2.05) is 0 Å². The van der Waals surface area contributed by atoms with Gasteiger partial charge in [-0.2, -0.15) is 0 Å². The van der Waals surface area contributed by atoms with Gasteiger partial charge in [-0.15, -0.1) is 0 Å². The standard InChI is InChI=1S/C63H45NO/c1-63(2)58-26-13-12-24-54(58)55-36-33-50(40-59(55)63)64(49-23-14-22-47(38-49)43-18-8-4-9-19-43)51-34-37-56-53-35-32-48(44-20-10-5-11-21-44)39-57(53)62-52(25-15-27-60(62)65-61(56)41-51)46-30-28-45(29-31-46)42-16-6-3-7-17-42/h3-41H,1-2H3. The van der Waals surface area contributed by atoms with Crippen LogP contribution in [0.4, 0.5) is 17.1 Å². The summed E-state index contributed by atoms with van der Waals surface area (Å²) in [6.45, 7) is 4.70. The summed E-state index contributed by atoms with van der Waals surface area (Å²) in [5.74, 6) is 1.64. The van der Waals surface area contributed by atoms with Crippen LogP contribution < -0.4 is 9.64 Å². The van der Waals surface area contributed by atoms with Gasteiger partial charge in [-0.3, -0.25) is 0 Å². The molecule has 12 rings (SSSR count). The predicted octanol–water partition coefficient (Wildman–Crippen LogP) is 17.6. The van der Waals surface area contributed by atoms with Crippen molar-refractivity contribution in [2.45, 2.75) is 19.3 Å². The van der Waals surface area contributed by atoms with E-state index in [9.17, 15) is 0 Å². The van der Waals surface area contributed by atoms with Gasteiger partial charge in [0.1, 0.15) is 11.5 Å². The van der Waals surface area contributed by atoms with Crippen LogP contribution in [0.1, 0.15) is 25.0 Å². The second-order valence-electron chi connectivity index (χ2n) is 17.7. The molecule has 2 nitrogen and oxygen atoms in total. The Morgan fingerprint density at radius 3 is 1.51 bits per heavy atom. The fraction of sp³-hybridized carbons (Fsp3) is 0.0476. The molecule has 0 radical (unpaired) electrons. The third-order valence-corrected chi connectivity index (χ3v) is 13.5. The number of rotatable bonds is 7. The summed E-state index contributed by atoms with van der Waals surface area (Å²) in [5, 5.41) is 0. The fourth-order valence-corrected chi connectivity index (χ4v) is 10.2. The van der Waals surface area contributed by atoms with Crippen molar-refractivity contribution in [3.8, 4) is 89.4 Å². The van der Waals surface area contributed by atoms with Crippen molar-refractivity contribution in [1.29, 1.82) is 0 Å². The zero-order valence-electron chi connectivity index (χ0n) is 36.4. The van der Waals surface area contributed by atoms with E-state index in [4.69, 9.17) is 4.74 Å². The molecule has 0 fully saturated rings. The number of fused-ring (bicyclic) bond motifs is 8. The number of benzene rings is 10. The molecule has 0 saturated carbocycles. The highest BCUT2D eigenvalue weighted by Gasteiger charge is 2.36. The highest BCUT2D eigenvalue weighted by molar-refractivity contribution is 6.00. The van der Waals surface area contributed by atoms with Gasteiger partial charge in [0, 0.05) is 39.7 Å². The number of hydrogen-bond donors (Lipinski definition) is 0. The van der Waals surface area contributed by atoms with E-state index in [-0.39, 0.29) is 5.41 Å². The Morgan fingerprint density at radius 2 is 0.785 bits per heavy atom. The third-order valence-electron chi connectivity index (χ3n) is 13.5. The quantitative estimate of drug-likeness (QED) is 0.159. The number of nitrogens with zero attached hydrogens (tertiary/aromatic N) is 1. The summed E-state index contributed by atoms with van der Waals surface area (Å²) in [6, 6.07) is 85.7. The Balaban J connectivity index is 1.04. The van der Waals surface area contributed by atoms with Crippen LogP contribution in [0.2, 0.25) is 0 Å². The molecular formula is C63H45NO. The van der Waals surface area contributed by atoms with E-state index in [1.165, 1.54) is 44.5 Å². The topological polar surface area (TPSA) is 12.5 Å². The molecule has 0 bridgehead atoms. The summed E-state index contributed by atoms with van der Waals surface area (Å²) in [5.41, 5.74) is 22.1. The van der Waals surface area contributed by atoms with Crippen LogP contribution in [0.15, 0.2) is 237 Å². The molecule has 308 valence electrons. The summed E-state index contributed by atoms with van der Waals surface area (Å²) in [7, 11) is 0. The van der Waals surface area contributed by atoms with Crippen LogP contribution >= 0.6 is 0 Å². The van der Waals surface area contributed by atoms with Gasteiger partial charge in [0.2, 0.25) is 0 Å². The minimum atomic E-state index is -0.151. The van der Waals surface area contributed by atoms with E-state index in [1.54, 1.807) is 0 Å². The molecule has 10 aromatic rings. The van der Waals surface area contributed by atoms with Gasteiger partial charge in [-0.1, -0.05) is 196 Å². The molecule has 0 N–H and O–H groups in total. The smallest absolute Gasteiger partial charge is 0.137 e. The van der Waals surface area contributed by atoms with Crippen molar-refractivity contribution in [1.82, 2.24) is 0 Å². The molecule has 1 aliphatic carbocycles. The molecular weight excluding hydrogens is 787 g/mol. The van der Waals surface area contributed by atoms with Crippen molar-refractivity contribution in [3.63, 3.8) is 0 Å². The van der Waals surface area contributed by atoms with Gasteiger partial charge < -0.3 is 9.64 Å². The van der Waals surface area contributed by atoms with Gasteiger partial charge in [-0.05, 0) is 126 Å². The first-order valence-electron chi connectivity index (χ1n) is 22.5. The number of ether oxygens (including phenoxy) is 1. The van der Waals surface area contributed by atoms with E-state index in [0.717, 1.165) is 73.1 Å². The molecule has 0 unspecified atom stereocenters. The van der Waals surface area contributed by atoms with Crippen molar-refractivity contribution in [2.24, 2.45) is 0 Å². The molecule has 1 aliphatic heterocycles. The maximum absolute atomic E-state index is 7.26. The maximum Gasteiger partial charge on any atom is 0.137 e. The van der Waals surface area contributed by atoms with Crippen LogP contribution in [0.5, 0.6) is 11.5 Å². The molecule has 0 spiro atoms. The molecule has 65 heavy (non-hydrogen) atoms. The highest BCUT2D eigenvalue weighted by Crippen LogP contribution is 2.54. The maximum atomic E-state index is 7.26. The average Bonchev–Trinajstić information content (AvgIpc) is 3.50. The Bertz CT molecular complexity index is 3410. The molecule has 0 amide bonds. The molecule has 0 aromatic heterocycles. The second-order valence-corrected chi connectivity index (χ2v) is 17.7. The lowest BCUT2D eigenvalue weighted by atomic mass is 9.82. The first-order chi connectivity index (χ1) is 32.0. The number of hydrogen-bond acceptors (Lipinski definition) is 2. The van der Waals surface area contributed by atoms with E-state index in [0.29, 0.717) is 0 Å². The molecule has 0 atom stereocenters. The Labute approximate surface area is 381 Å². The summed E-state index contributed by atoms with van der Waals surface area (Å²) < 4.78 is 7.26. The molecule has 2 aliphatic rings. The van der Waals surface area contributed by atoms with Gasteiger partial charge >= 0.3 is 0 Å². The summed E-state index contributed by atoms with van der Waals surface area (Å²) in [6.07, 6.45) is 0. The Kier molecular flexibility index (Phi) is 9.21. The Morgan fingerprint density at radius 1 is 0.292 bits per heavy atom. The molecule has 0 saturated heterocycles. The molecule has 1 heterocycles. The monoisotopic (exact) mass is 831 g/mol. The van der Waals surface area contributed by atoms with Crippen LogP contribution in [-0.2, 0) is 5.41 Å². The minimum absolute atomic E-state index is 0.151. The van der Waals surface area contributed by atoms with Gasteiger partial charge in [-0.25, -0.2) is 0 Å². The van der Waals surface area contributed by atoms with Crippen molar-refractivity contribution >= 4 is 17.1 Å². The fourth-order valence-electron chi connectivity index (χ4n) is 10.2. The first kappa shape index (κ1) is 38.5. The lowest BCUT2D eigenvalue weighted by Gasteiger charge is -2.29. The second kappa shape index (κ2) is 15.6. The SMILES string of the molecule is CC1(C)c2ccccc2-c2ccc(N(c3cccc(-c4ccccc4)c3)c3ccc4c(c3)Oc3cccc(-c5ccc(-c6ccccc6)cc5)c3-c3cc(-c5ccccc5)ccc3-4)cc21. The van der Waals surface area contributed by atoms with Crippen LogP contribution in [0.25, 0.3) is 77.9 Å². The van der Waals surface area contributed by atoms with Crippen molar-refractivity contribution < 1.29 is 4.74 Å². The Hall–Kier alpha value is -8.20. The highest BCUT2D eigenvalue weighted by atomic mass is 16.5. The van der Waals surface area contributed by atoms with Crippen LogP contribution in [-0.4, -0.2) is 0 Å².